The Morgan fingerprint density at radius 1 is 1.27 bits per heavy atom. The van der Waals surface area contributed by atoms with Crippen molar-refractivity contribution in [1.82, 2.24) is 5.16 Å². The predicted molar refractivity (Wildman–Crippen MR) is 97.5 cm³/mol. The van der Waals surface area contributed by atoms with Gasteiger partial charge in [-0.2, -0.15) is 0 Å². The first kappa shape index (κ1) is 18.8. The van der Waals surface area contributed by atoms with Crippen LogP contribution in [0.5, 0.6) is 0 Å². The van der Waals surface area contributed by atoms with Crippen molar-refractivity contribution in [3.05, 3.63) is 23.1 Å². The van der Waals surface area contributed by atoms with Crippen molar-refractivity contribution < 1.29 is 40.6 Å². The molecule has 0 radical (unpaired) electrons. The monoisotopic (exact) mass is 361 g/mol. The standard InChI is InChI=1S/C22H27NO2.Na.H/c1-4-22(24)10-8-18-16-6-5-15-11-19-14(13-23-25-19)12-20(15,2)17(16)7-9-21(18,22)3;;/h1,11,13,16-18,24H,5-10,12H2,2-3H3;;/q;+1;-1/t16-,17+,18+,20+,21+,22+;;/m1../s1. The number of hydrogen-bond acceptors (Lipinski definition) is 3. The van der Waals surface area contributed by atoms with Gasteiger partial charge in [0.25, 0.3) is 0 Å². The molecule has 0 bridgehead atoms. The fourth-order valence-corrected chi connectivity index (χ4v) is 7.14. The summed E-state index contributed by atoms with van der Waals surface area (Å²) in [7, 11) is 0. The zero-order valence-corrected chi connectivity index (χ0v) is 18.2. The van der Waals surface area contributed by atoms with Crippen LogP contribution in [0.3, 0.4) is 0 Å². The fraction of sp³-hybridized carbons (Fsp3) is 0.682. The van der Waals surface area contributed by atoms with Crippen LogP contribution in [0.4, 0.5) is 0 Å². The van der Waals surface area contributed by atoms with Gasteiger partial charge in [0.2, 0.25) is 0 Å². The molecule has 4 aliphatic carbocycles. The Kier molecular flexibility index (Phi) is 4.33. The average Bonchev–Trinajstić information content (AvgIpc) is 3.14. The summed E-state index contributed by atoms with van der Waals surface area (Å²) in [5.41, 5.74) is 1.99. The molecule has 3 saturated carbocycles. The summed E-state index contributed by atoms with van der Waals surface area (Å²) in [5.74, 6) is 5.64. The average molecular weight is 361 g/mol. The molecule has 0 aliphatic heterocycles. The summed E-state index contributed by atoms with van der Waals surface area (Å²) < 4.78 is 5.43. The van der Waals surface area contributed by atoms with E-state index in [9.17, 15) is 5.11 Å². The second-order valence-electron chi connectivity index (χ2n) is 9.39. The number of terminal acetylenes is 1. The molecule has 1 heterocycles. The summed E-state index contributed by atoms with van der Waals surface area (Å²) >= 11 is 0. The van der Waals surface area contributed by atoms with Crippen molar-refractivity contribution in [2.75, 3.05) is 0 Å². The van der Waals surface area contributed by atoms with Crippen LogP contribution in [-0.4, -0.2) is 15.9 Å². The van der Waals surface area contributed by atoms with E-state index in [1.807, 2.05) is 6.20 Å². The summed E-state index contributed by atoms with van der Waals surface area (Å²) in [6.07, 6.45) is 17.4. The Labute approximate surface area is 179 Å². The Balaban J connectivity index is 0.00000105. The van der Waals surface area contributed by atoms with E-state index < -0.39 is 5.60 Å². The molecule has 3 nitrogen and oxygen atoms in total. The van der Waals surface area contributed by atoms with Crippen molar-refractivity contribution in [3.63, 3.8) is 0 Å². The van der Waals surface area contributed by atoms with E-state index in [-0.39, 0.29) is 41.8 Å². The second-order valence-corrected chi connectivity index (χ2v) is 9.39. The van der Waals surface area contributed by atoms with Gasteiger partial charge in [0.15, 0.2) is 5.76 Å². The molecule has 1 aromatic heterocycles. The summed E-state index contributed by atoms with van der Waals surface area (Å²) in [5, 5.41) is 15.1. The number of allylic oxidation sites excluding steroid dienone is 1. The molecule has 6 atom stereocenters. The molecule has 4 aliphatic rings. The van der Waals surface area contributed by atoms with Gasteiger partial charge in [0.05, 0.1) is 6.20 Å². The fourth-order valence-electron chi connectivity index (χ4n) is 7.14. The SMILES string of the molecule is C#C[C@]1(O)CC[C@H]2[C@@H]3CCC4=Cc5oncc5C[C@]4(C)[C@H]3CC[C@@]21C.[H-].[Na+]. The van der Waals surface area contributed by atoms with Crippen molar-refractivity contribution in [3.8, 4) is 12.3 Å². The Morgan fingerprint density at radius 3 is 2.81 bits per heavy atom. The topological polar surface area (TPSA) is 46.3 Å². The second kappa shape index (κ2) is 5.98. The van der Waals surface area contributed by atoms with Crippen LogP contribution in [0.25, 0.3) is 6.08 Å². The Hall–Kier alpha value is -0.530. The maximum Gasteiger partial charge on any atom is 1.00 e. The van der Waals surface area contributed by atoms with Crippen LogP contribution in [0.15, 0.2) is 16.3 Å². The molecule has 1 N–H and O–H groups in total. The molecule has 0 aromatic carbocycles. The zero-order chi connectivity index (χ0) is 17.4. The van der Waals surface area contributed by atoms with Crippen LogP contribution in [0.2, 0.25) is 0 Å². The molecule has 0 unspecified atom stereocenters. The summed E-state index contributed by atoms with van der Waals surface area (Å²) in [6.45, 7) is 4.71. The first-order valence-corrected chi connectivity index (χ1v) is 9.76. The molecule has 134 valence electrons. The third-order valence-electron chi connectivity index (χ3n) is 8.67. The first-order chi connectivity index (χ1) is 11.9. The third-order valence-corrected chi connectivity index (χ3v) is 8.67. The van der Waals surface area contributed by atoms with Gasteiger partial charge >= 0.3 is 29.6 Å². The predicted octanol–water partition coefficient (Wildman–Crippen LogP) is 1.34. The van der Waals surface area contributed by atoms with Gasteiger partial charge in [0, 0.05) is 11.0 Å². The van der Waals surface area contributed by atoms with E-state index in [0.717, 1.165) is 44.3 Å². The number of rotatable bonds is 0. The minimum atomic E-state index is -0.909. The first-order valence-electron chi connectivity index (χ1n) is 9.76. The summed E-state index contributed by atoms with van der Waals surface area (Å²) in [6, 6.07) is 0. The van der Waals surface area contributed by atoms with Gasteiger partial charge < -0.3 is 11.1 Å². The minimum absolute atomic E-state index is 0. The number of fused-ring (bicyclic) bond motifs is 6. The molecule has 0 saturated heterocycles. The normalized spacial score (nSPS) is 45.9. The van der Waals surface area contributed by atoms with Crippen molar-refractivity contribution in [2.24, 2.45) is 28.6 Å². The van der Waals surface area contributed by atoms with Crippen LogP contribution in [0, 0.1) is 40.9 Å². The van der Waals surface area contributed by atoms with Gasteiger partial charge in [-0.05, 0) is 74.2 Å². The number of nitrogens with zero attached hydrogens (tertiary/aromatic N) is 1. The van der Waals surface area contributed by atoms with Gasteiger partial charge in [-0.25, -0.2) is 0 Å². The van der Waals surface area contributed by atoms with E-state index in [0.29, 0.717) is 17.8 Å². The molecule has 0 amide bonds. The van der Waals surface area contributed by atoms with Crippen LogP contribution in [0.1, 0.15) is 65.1 Å². The molecule has 26 heavy (non-hydrogen) atoms. The summed E-state index contributed by atoms with van der Waals surface area (Å²) in [4.78, 5) is 0. The number of aliphatic hydroxyl groups is 1. The maximum atomic E-state index is 11.1. The quantitative estimate of drug-likeness (QED) is 0.560. The van der Waals surface area contributed by atoms with E-state index in [1.54, 1.807) is 5.57 Å². The van der Waals surface area contributed by atoms with Gasteiger partial charge in [0.1, 0.15) is 5.60 Å². The molecule has 4 heteroatoms. The number of aromatic nitrogens is 1. The van der Waals surface area contributed by atoms with Crippen molar-refractivity contribution in [2.45, 2.75) is 64.4 Å². The molecular formula is C22H28NNaO2. The molecule has 0 spiro atoms. The van der Waals surface area contributed by atoms with Gasteiger partial charge in [-0.3, -0.25) is 0 Å². The maximum absolute atomic E-state index is 11.1. The molecule has 3 fully saturated rings. The Bertz CT molecular complexity index is 813. The van der Waals surface area contributed by atoms with E-state index in [2.05, 4.69) is 31.0 Å². The number of hydrogen-bond donors (Lipinski definition) is 1. The molecular weight excluding hydrogens is 333 g/mol. The minimum Gasteiger partial charge on any atom is -1.00 e. The van der Waals surface area contributed by atoms with E-state index in [4.69, 9.17) is 10.9 Å². The smallest absolute Gasteiger partial charge is 1.00 e. The van der Waals surface area contributed by atoms with E-state index in [1.165, 1.54) is 12.0 Å². The van der Waals surface area contributed by atoms with Crippen LogP contribution < -0.4 is 29.6 Å². The van der Waals surface area contributed by atoms with Crippen molar-refractivity contribution in [1.29, 1.82) is 0 Å². The van der Waals surface area contributed by atoms with E-state index >= 15 is 0 Å². The van der Waals surface area contributed by atoms with Gasteiger partial charge in [-0.15, -0.1) is 6.42 Å². The Morgan fingerprint density at radius 2 is 2.04 bits per heavy atom. The molecule has 1 aromatic rings. The largest absolute Gasteiger partial charge is 1.00 e. The van der Waals surface area contributed by atoms with Crippen molar-refractivity contribution >= 4 is 6.08 Å². The van der Waals surface area contributed by atoms with Crippen LogP contribution >= 0.6 is 0 Å². The zero-order valence-electron chi connectivity index (χ0n) is 17.2. The molecule has 5 rings (SSSR count). The van der Waals surface area contributed by atoms with Gasteiger partial charge in [-0.1, -0.05) is 30.5 Å². The van der Waals surface area contributed by atoms with Crippen LogP contribution in [-0.2, 0) is 6.42 Å². The third kappa shape index (κ3) is 2.20.